The van der Waals surface area contributed by atoms with Crippen LogP contribution < -0.4 is 15.4 Å². The third-order valence-electron chi connectivity index (χ3n) is 2.91. The lowest BCUT2D eigenvalue weighted by molar-refractivity contribution is -0.150. The molecule has 0 aliphatic rings. The highest BCUT2D eigenvalue weighted by Crippen LogP contribution is 2.15. The number of benzene rings is 2. The Kier molecular flexibility index (Phi) is 6.92. The summed E-state index contributed by atoms with van der Waals surface area (Å²) in [6.07, 6.45) is 0. The van der Waals surface area contributed by atoms with E-state index in [0.717, 1.165) is 6.07 Å². The Morgan fingerprint density at radius 3 is 2.38 bits per heavy atom. The van der Waals surface area contributed by atoms with Gasteiger partial charge in [-0.1, -0.05) is 23.7 Å². The fraction of sp³-hybridized carbons (Fsp3) is 0.118. The summed E-state index contributed by atoms with van der Waals surface area (Å²) < 4.78 is 23.2. The number of urea groups is 1. The number of nitrogens with one attached hydrogen (secondary N) is 2. The van der Waals surface area contributed by atoms with Crippen LogP contribution in [0.15, 0.2) is 48.5 Å². The van der Waals surface area contributed by atoms with Crippen LogP contribution >= 0.6 is 11.6 Å². The highest BCUT2D eigenvalue weighted by molar-refractivity contribution is 6.30. The molecule has 2 aromatic rings. The van der Waals surface area contributed by atoms with E-state index in [0.29, 0.717) is 10.8 Å². The molecule has 3 amide bonds. The lowest BCUT2D eigenvalue weighted by atomic mass is 10.3. The van der Waals surface area contributed by atoms with Crippen molar-refractivity contribution in [3.05, 3.63) is 59.4 Å². The van der Waals surface area contributed by atoms with E-state index in [-0.39, 0.29) is 5.69 Å². The summed E-state index contributed by atoms with van der Waals surface area (Å²) in [6, 6.07) is 10.8. The molecule has 2 aromatic carbocycles. The van der Waals surface area contributed by atoms with Crippen LogP contribution in [0.3, 0.4) is 0 Å². The summed E-state index contributed by atoms with van der Waals surface area (Å²) in [5, 5.41) is 4.58. The van der Waals surface area contributed by atoms with Crippen LogP contribution in [0, 0.1) is 5.82 Å². The van der Waals surface area contributed by atoms with Crippen molar-refractivity contribution in [2.75, 3.05) is 18.5 Å². The number of esters is 1. The summed E-state index contributed by atoms with van der Waals surface area (Å²) in [5.74, 6) is -1.93. The number of amides is 3. The molecule has 0 unspecified atom stereocenters. The second kappa shape index (κ2) is 9.38. The number of para-hydroxylation sites is 1. The lowest BCUT2D eigenvalue weighted by Gasteiger charge is -2.08. The molecular formula is C17H14ClFN2O5. The summed E-state index contributed by atoms with van der Waals surface area (Å²) in [7, 11) is 0. The molecule has 0 fully saturated rings. The number of rotatable bonds is 6. The summed E-state index contributed by atoms with van der Waals surface area (Å²) in [4.78, 5) is 34.6. The molecule has 2 rings (SSSR count). The van der Waals surface area contributed by atoms with Crippen LogP contribution in [0.2, 0.25) is 5.02 Å². The zero-order chi connectivity index (χ0) is 18.9. The van der Waals surface area contributed by atoms with Gasteiger partial charge in [0.1, 0.15) is 11.6 Å². The van der Waals surface area contributed by atoms with Gasteiger partial charge >= 0.3 is 12.0 Å². The fourth-order valence-corrected chi connectivity index (χ4v) is 1.87. The molecular weight excluding hydrogens is 367 g/mol. The number of hydrogen-bond acceptors (Lipinski definition) is 5. The van der Waals surface area contributed by atoms with Gasteiger partial charge in [0.25, 0.3) is 5.91 Å². The van der Waals surface area contributed by atoms with Crippen molar-refractivity contribution in [3.63, 3.8) is 0 Å². The zero-order valence-electron chi connectivity index (χ0n) is 13.3. The van der Waals surface area contributed by atoms with Crippen molar-refractivity contribution in [2.45, 2.75) is 0 Å². The van der Waals surface area contributed by atoms with E-state index in [1.165, 1.54) is 18.2 Å². The molecule has 0 aliphatic heterocycles. The van der Waals surface area contributed by atoms with Crippen molar-refractivity contribution < 1.29 is 28.2 Å². The number of carbonyl (C=O) groups is 3. The average Bonchev–Trinajstić information content (AvgIpc) is 2.61. The standard InChI is InChI=1S/C17H14ClFN2O5/c18-11-5-7-12(8-6-11)25-10-16(23)26-9-15(22)21-17(24)20-14-4-2-1-3-13(14)19/h1-8H,9-10H2,(H2,20,21,22,24). The molecule has 0 saturated carbocycles. The lowest BCUT2D eigenvalue weighted by Crippen LogP contribution is -2.37. The monoisotopic (exact) mass is 380 g/mol. The Labute approximate surface area is 153 Å². The second-order valence-corrected chi connectivity index (χ2v) is 5.32. The molecule has 7 nitrogen and oxygen atoms in total. The number of anilines is 1. The number of ether oxygens (including phenoxy) is 2. The van der Waals surface area contributed by atoms with Gasteiger partial charge in [-0.2, -0.15) is 0 Å². The van der Waals surface area contributed by atoms with Crippen molar-refractivity contribution in [3.8, 4) is 5.75 Å². The van der Waals surface area contributed by atoms with Crippen LogP contribution in [-0.2, 0) is 14.3 Å². The molecule has 2 N–H and O–H groups in total. The number of imide groups is 1. The van der Waals surface area contributed by atoms with Gasteiger partial charge in [-0.3, -0.25) is 10.1 Å². The first-order valence-electron chi connectivity index (χ1n) is 7.33. The molecule has 0 heterocycles. The Bertz CT molecular complexity index is 798. The minimum Gasteiger partial charge on any atom is -0.482 e. The van der Waals surface area contributed by atoms with Gasteiger partial charge in [0.15, 0.2) is 13.2 Å². The second-order valence-electron chi connectivity index (χ2n) is 4.89. The third kappa shape index (κ3) is 6.40. The first kappa shape index (κ1) is 19.2. The van der Waals surface area contributed by atoms with E-state index >= 15 is 0 Å². The van der Waals surface area contributed by atoms with Crippen LogP contribution in [0.5, 0.6) is 5.75 Å². The molecule has 0 bridgehead atoms. The SMILES string of the molecule is O=C(COC(=O)COc1ccc(Cl)cc1)NC(=O)Nc1ccccc1F. The molecule has 0 radical (unpaired) electrons. The van der Waals surface area contributed by atoms with Gasteiger partial charge in [-0.15, -0.1) is 0 Å². The van der Waals surface area contributed by atoms with Gasteiger partial charge in [0.2, 0.25) is 0 Å². The van der Waals surface area contributed by atoms with Crippen LogP contribution in [0.4, 0.5) is 14.9 Å². The molecule has 0 aromatic heterocycles. The van der Waals surface area contributed by atoms with Crippen molar-refractivity contribution in [1.29, 1.82) is 0 Å². The normalized spacial score (nSPS) is 9.92. The van der Waals surface area contributed by atoms with Gasteiger partial charge in [-0.05, 0) is 36.4 Å². The Morgan fingerprint density at radius 1 is 1.00 bits per heavy atom. The van der Waals surface area contributed by atoms with Gasteiger partial charge in [0, 0.05) is 5.02 Å². The highest BCUT2D eigenvalue weighted by atomic mass is 35.5. The minimum absolute atomic E-state index is 0.0915. The van der Waals surface area contributed by atoms with Crippen molar-refractivity contribution >= 4 is 35.2 Å². The number of halogens is 2. The zero-order valence-corrected chi connectivity index (χ0v) is 14.1. The average molecular weight is 381 g/mol. The van der Waals surface area contributed by atoms with Crippen LogP contribution in [0.25, 0.3) is 0 Å². The van der Waals surface area contributed by atoms with Gasteiger partial charge < -0.3 is 14.8 Å². The molecule has 0 atom stereocenters. The highest BCUT2D eigenvalue weighted by Gasteiger charge is 2.12. The first-order chi connectivity index (χ1) is 12.4. The molecule has 0 spiro atoms. The van der Waals surface area contributed by atoms with Crippen LogP contribution in [-0.4, -0.2) is 31.1 Å². The maximum atomic E-state index is 13.4. The van der Waals surface area contributed by atoms with E-state index in [2.05, 4.69) is 10.1 Å². The van der Waals surface area contributed by atoms with Crippen molar-refractivity contribution in [1.82, 2.24) is 5.32 Å². The third-order valence-corrected chi connectivity index (χ3v) is 3.16. The molecule has 0 saturated heterocycles. The molecule has 136 valence electrons. The predicted molar refractivity (Wildman–Crippen MR) is 91.5 cm³/mol. The van der Waals surface area contributed by atoms with Gasteiger partial charge in [0.05, 0.1) is 5.69 Å². The number of carbonyl (C=O) groups excluding carboxylic acids is 3. The predicted octanol–water partition coefficient (Wildman–Crippen LogP) is 2.75. The van der Waals surface area contributed by atoms with E-state index in [1.807, 2.05) is 5.32 Å². The smallest absolute Gasteiger partial charge is 0.344 e. The Morgan fingerprint density at radius 2 is 1.69 bits per heavy atom. The first-order valence-corrected chi connectivity index (χ1v) is 7.71. The topological polar surface area (TPSA) is 93.7 Å². The maximum absolute atomic E-state index is 13.4. The Hall–Kier alpha value is -3.13. The molecule has 26 heavy (non-hydrogen) atoms. The maximum Gasteiger partial charge on any atom is 0.344 e. The largest absolute Gasteiger partial charge is 0.482 e. The van der Waals surface area contributed by atoms with E-state index in [1.54, 1.807) is 24.3 Å². The van der Waals surface area contributed by atoms with Crippen LogP contribution in [0.1, 0.15) is 0 Å². The van der Waals surface area contributed by atoms with E-state index in [4.69, 9.17) is 16.3 Å². The summed E-state index contributed by atoms with van der Waals surface area (Å²) in [5.41, 5.74) is -0.0915. The van der Waals surface area contributed by atoms with Gasteiger partial charge in [-0.25, -0.2) is 14.0 Å². The van der Waals surface area contributed by atoms with Crippen molar-refractivity contribution in [2.24, 2.45) is 0 Å². The number of hydrogen-bond donors (Lipinski definition) is 2. The molecule has 9 heteroatoms. The minimum atomic E-state index is -0.950. The fourth-order valence-electron chi connectivity index (χ4n) is 1.74. The van der Waals surface area contributed by atoms with E-state index in [9.17, 15) is 18.8 Å². The summed E-state index contributed by atoms with van der Waals surface area (Å²) in [6.45, 7) is -1.11. The molecule has 0 aliphatic carbocycles. The van der Waals surface area contributed by atoms with E-state index < -0.39 is 36.9 Å². The Balaban J connectivity index is 1.69. The quantitative estimate of drug-likeness (QED) is 0.751. The summed E-state index contributed by atoms with van der Waals surface area (Å²) >= 11 is 5.72.